The summed E-state index contributed by atoms with van der Waals surface area (Å²) in [6, 6.07) is 8.18. The molecule has 0 heterocycles. The van der Waals surface area contributed by atoms with Gasteiger partial charge < -0.3 is 14.8 Å². The third-order valence-electron chi connectivity index (χ3n) is 3.59. The maximum Gasteiger partial charge on any atom is 0.119 e. The van der Waals surface area contributed by atoms with E-state index in [0.717, 1.165) is 31.4 Å². The fraction of sp³-hybridized carbons (Fsp3) is 0.625. The summed E-state index contributed by atoms with van der Waals surface area (Å²) in [6.45, 7) is 4.80. The van der Waals surface area contributed by atoms with Crippen LogP contribution in [0.25, 0.3) is 0 Å². The Kier molecular flexibility index (Phi) is 5.67. The predicted octanol–water partition coefficient (Wildman–Crippen LogP) is 3.16. The van der Waals surface area contributed by atoms with Crippen LogP contribution < -0.4 is 10.1 Å². The second-order valence-corrected chi connectivity index (χ2v) is 5.18. The van der Waals surface area contributed by atoms with Crippen LogP contribution in [0.5, 0.6) is 5.75 Å². The van der Waals surface area contributed by atoms with Gasteiger partial charge in [0.2, 0.25) is 0 Å². The Morgan fingerprint density at radius 3 is 2.89 bits per heavy atom. The van der Waals surface area contributed by atoms with Crippen molar-refractivity contribution in [3.05, 3.63) is 29.8 Å². The van der Waals surface area contributed by atoms with Crippen molar-refractivity contribution in [3.63, 3.8) is 0 Å². The fourth-order valence-corrected chi connectivity index (χ4v) is 2.17. The monoisotopic (exact) mass is 263 g/mol. The predicted molar refractivity (Wildman–Crippen MR) is 77.6 cm³/mol. The van der Waals surface area contributed by atoms with Crippen LogP contribution in [0.2, 0.25) is 0 Å². The van der Waals surface area contributed by atoms with Crippen LogP contribution in [-0.4, -0.2) is 26.8 Å². The van der Waals surface area contributed by atoms with E-state index < -0.39 is 0 Å². The lowest BCUT2D eigenvalue weighted by atomic mass is 10.1. The molecule has 1 aliphatic carbocycles. The van der Waals surface area contributed by atoms with E-state index >= 15 is 0 Å². The summed E-state index contributed by atoms with van der Waals surface area (Å²) >= 11 is 0. The van der Waals surface area contributed by atoms with E-state index in [0.29, 0.717) is 0 Å². The van der Waals surface area contributed by atoms with Gasteiger partial charge >= 0.3 is 0 Å². The highest BCUT2D eigenvalue weighted by atomic mass is 16.5. The second kappa shape index (κ2) is 7.51. The number of benzene rings is 1. The second-order valence-electron chi connectivity index (χ2n) is 5.18. The Morgan fingerprint density at radius 1 is 1.37 bits per heavy atom. The van der Waals surface area contributed by atoms with Gasteiger partial charge in [-0.2, -0.15) is 0 Å². The molecule has 1 atom stereocenters. The molecular weight excluding hydrogens is 238 g/mol. The average molecular weight is 263 g/mol. The standard InChI is InChI=1S/C16H25NO2/c1-3-17-12-16(19-10-9-13-7-8-13)14-5-4-6-15(11-14)18-2/h4-6,11,13,16-17H,3,7-10,12H2,1-2H3. The smallest absolute Gasteiger partial charge is 0.119 e. The first kappa shape index (κ1) is 14.4. The van der Waals surface area contributed by atoms with Crippen molar-refractivity contribution in [1.82, 2.24) is 5.32 Å². The lowest BCUT2D eigenvalue weighted by molar-refractivity contribution is 0.0488. The number of hydrogen-bond acceptors (Lipinski definition) is 3. The molecule has 0 spiro atoms. The van der Waals surface area contributed by atoms with Crippen LogP contribution in [0, 0.1) is 5.92 Å². The van der Waals surface area contributed by atoms with Crippen molar-refractivity contribution in [2.45, 2.75) is 32.3 Å². The number of nitrogens with one attached hydrogen (secondary N) is 1. The summed E-state index contributed by atoms with van der Waals surface area (Å²) in [7, 11) is 1.70. The first-order valence-corrected chi connectivity index (χ1v) is 7.29. The van der Waals surface area contributed by atoms with Crippen molar-refractivity contribution in [2.24, 2.45) is 5.92 Å². The summed E-state index contributed by atoms with van der Waals surface area (Å²) < 4.78 is 11.3. The average Bonchev–Trinajstić information content (AvgIpc) is 3.27. The molecule has 0 radical (unpaired) electrons. The Morgan fingerprint density at radius 2 is 2.21 bits per heavy atom. The third kappa shape index (κ3) is 4.84. The zero-order chi connectivity index (χ0) is 13.5. The van der Waals surface area contributed by atoms with E-state index in [1.54, 1.807) is 7.11 Å². The van der Waals surface area contributed by atoms with Crippen LogP contribution >= 0.6 is 0 Å². The molecular formula is C16H25NO2. The van der Waals surface area contributed by atoms with Gasteiger partial charge in [-0.1, -0.05) is 31.9 Å². The Labute approximate surface area is 116 Å². The van der Waals surface area contributed by atoms with Gasteiger partial charge in [0.25, 0.3) is 0 Å². The van der Waals surface area contributed by atoms with E-state index in [1.807, 2.05) is 12.1 Å². The normalized spacial score (nSPS) is 16.3. The van der Waals surface area contributed by atoms with Crippen LogP contribution in [0.3, 0.4) is 0 Å². The first-order valence-electron chi connectivity index (χ1n) is 7.29. The van der Waals surface area contributed by atoms with Gasteiger partial charge in [0.1, 0.15) is 5.75 Å². The molecule has 2 rings (SSSR count). The summed E-state index contributed by atoms with van der Waals surface area (Å²) in [5.74, 6) is 1.81. The number of likely N-dealkylation sites (N-methyl/N-ethyl adjacent to an activating group) is 1. The molecule has 0 bridgehead atoms. The van der Waals surface area contributed by atoms with Crippen molar-refractivity contribution in [3.8, 4) is 5.75 Å². The molecule has 1 fully saturated rings. The highest BCUT2D eigenvalue weighted by Gasteiger charge is 2.21. The fourth-order valence-electron chi connectivity index (χ4n) is 2.17. The van der Waals surface area contributed by atoms with Crippen molar-refractivity contribution in [2.75, 3.05) is 26.8 Å². The van der Waals surface area contributed by atoms with Gasteiger partial charge in [0.15, 0.2) is 0 Å². The highest BCUT2D eigenvalue weighted by molar-refractivity contribution is 5.30. The van der Waals surface area contributed by atoms with Crippen LogP contribution in [0.15, 0.2) is 24.3 Å². The molecule has 0 amide bonds. The lowest BCUT2D eigenvalue weighted by Crippen LogP contribution is -2.23. The molecule has 1 aromatic rings. The van der Waals surface area contributed by atoms with E-state index in [2.05, 4.69) is 24.4 Å². The number of hydrogen-bond donors (Lipinski definition) is 1. The van der Waals surface area contributed by atoms with Crippen LogP contribution in [0.1, 0.15) is 37.9 Å². The van der Waals surface area contributed by atoms with E-state index in [4.69, 9.17) is 9.47 Å². The first-order chi connectivity index (χ1) is 9.33. The summed E-state index contributed by atoms with van der Waals surface area (Å²) in [5, 5.41) is 3.37. The zero-order valence-corrected chi connectivity index (χ0v) is 12.0. The Balaban J connectivity index is 1.92. The van der Waals surface area contributed by atoms with Gasteiger partial charge in [-0.3, -0.25) is 0 Å². The topological polar surface area (TPSA) is 30.5 Å². The van der Waals surface area contributed by atoms with Crippen LogP contribution in [-0.2, 0) is 4.74 Å². The summed E-state index contributed by atoms with van der Waals surface area (Å²) in [4.78, 5) is 0. The minimum Gasteiger partial charge on any atom is -0.497 e. The van der Waals surface area contributed by atoms with E-state index in [-0.39, 0.29) is 6.10 Å². The SMILES string of the molecule is CCNCC(OCCC1CC1)c1cccc(OC)c1. The molecule has 106 valence electrons. The van der Waals surface area contributed by atoms with Gasteiger partial charge in [-0.25, -0.2) is 0 Å². The van der Waals surface area contributed by atoms with Crippen molar-refractivity contribution >= 4 is 0 Å². The molecule has 1 aromatic carbocycles. The molecule has 0 aliphatic heterocycles. The molecule has 0 aromatic heterocycles. The summed E-state index contributed by atoms with van der Waals surface area (Å²) in [6.07, 6.45) is 4.10. The number of methoxy groups -OCH3 is 1. The highest BCUT2D eigenvalue weighted by Crippen LogP contribution is 2.33. The van der Waals surface area contributed by atoms with Gasteiger partial charge in [-0.15, -0.1) is 0 Å². The van der Waals surface area contributed by atoms with Crippen molar-refractivity contribution in [1.29, 1.82) is 0 Å². The summed E-state index contributed by atoms with van der Waals surface area (Å²) in [5.41, 5.74) is 1.19. The molecule has 1 N–H and O–H groups in total. The molecule has 1 aliphatic rings. The van der Waals surface area contributed by atoms with Gasteiger partial charge in [0.05, 0.1) is 13.2 Å². The van der Waals surface area contributed by atoms with Gasteiger partial charge in [0, 0.05) is 13.2 Å². The van der Waals surface area contributed by atoms with Crippen LogP contribution in [0.4, 0.5) is 0 Å². The van der Waals surface area contributed by atoms with Crippen molar-refractivity contribution < 1.29 is 9.47 Å². The quantitative estimate of drug-likeness (QED) is 0.742. The molecule has 19 heavy (non-hydrogen) atoms. The molecule has 1 unspecified atom stereocenters. The molecule has 0 saturated heterocycles. The van der Waals surface area contributed by atoms with E-state index in [1.165, 1.54) is 24.8 Å². The molecule has 3 heteroatoms. The maximum absolute atomic E-state index is 6.06. The largest absolute Gasteiger partial charge is 0.497 e. The minimum atomic E-state index is 0.119. The Bertz CT molecular complexity index is 377. The maximum atomic E-state index is 6.06. The van der Waals surface area contributed by atoms with Gasteiger partial charge in [-0.05, 0) is 36.6 Å². The van der Waals surface area contributed by atoms with E-state index in [9.17, 15) is 0 Å². The third-order valence-corrected chi connectivity index (χ3v) is 3.59. The Hall–Kier alpha value is -1.06. The molecule has 3 nitrogen and oxygen atoms in total. The minimum absolute atomic E-state index is 0.119. The number of rotatable bonds is 9. The number of ether oxygens (including phenoxy) is 2. The lowest BCUT2D eigenvalue weighted by Gasteiger charge is -2.19. The zero-order valence-electron chi connectivity index (χ0n) is 12.0. The molecule has 1 saturated carbocycles.